The molecule has 174 valence electrons. The van der Waals surface area contributed by atoms with Gasteiger partial charge in [0.25, 0.3) is 0 Å². The van der Waals surface area contributed by atoms with Crippen LogP contribution in [0.2, 0.25) is 0 Å². The number of rotatable bonds is 8. The molecule has 32 heavy (non-hydrogen) atoms. The fourth-order valence-corrected chi connectivity index (χ4v) is 5.06. The van der Waals surface area contributed by atoms with Crippen molar-refractivity contribution in [3.63, 3.8) is 0 Å². The minimum atomic E-state index is -0.514. The highest BCUT2D eigenvalue weighted by Crippen LogP contribution is 2.36. The van der Waals surface area contributed by atoms with E-state index in [2.05, 4.69) is 20.8 Å². The molecule has 1 amide bonds. The number of tetrazole rings is 1. The highest BCUT2D eigenvalue weighted by molar-refractivity contribution is 5.76. The van der Waals surface area contributed by atoms with Crippen molar-refractivity contribution < 1.29 is 14.3 Å². The topological polar surface area (TPSA) is 94.4 Å². The number of hydrogen-bond acceptors (Lipinski definition) is 7. The number of amides is 1. The van der Waals surface area contributed by atoms with Crippen LogP contribution in [0.25, 0.3) is 0 Å². The van der Waals surface area contributed by atoms with Crippen molar-refractivity contribution in [2.45, 2.75) is 70.0 Å². The summed E-state index contributed by atoms with van der Waals surface area (Å²) >= 11 is 0. The molecule has 9 heteroatoms. The molecule has 2 aliphatic rings. The van der Waals surface area contributed by atoms with E-state index in [9.17, 15) is 4.79 Å². The minimum absolute atomic E-state index is 0.165. The first-order valence-electron chi connectivity index (χ1n) is 11.6. The summed E-state index contributed by atoms with van der Waals surface area (Å²) in [5, 5.41) is 16.7. The van der Waals surface area contributed by atoms with Crippen LogP contribution in [0.5, 0.6) is 11.5 Å². The van der Waals surface area contributed by atoms with Crippen LogP contribution >= 0.6 is 0 Å². The van der Waals surface area contributed by atoms with Crippen LogP contribution in [-0.4, -0.2) is 58.3 Å². The molecular weight excluding hydrogens is 408 g/mol. The second-order valence-corrected chi connectivity index (χ2v) is 8.77. The monoisotopic (exact) mass is 442 g/mol. The van der Waals surface area contributed by atoms with Crippen LogP contribution in [-0.2, 0) is 16.9 Å². The Labute approximate surface area is 189 Å². The van der Waals surface area contributed by atoms with Crippen molar-refractivity contribution in [3.05, 3.63) is 29.6 Å². The average Bonchev–Trinajstić information content (AvgIpc) is 3.54. The van der Waals surface area contributed by atoms with Gasteiger partial charge < -0.3 is 14.4 Å². The van der Waals surface area contributed by atoms with Crippen LogP contribution < -0.4 is 14.8 Å². The third kappa shape index (κ3) is 4.44. The standard InChI is InChI=1S/C23H34N6O3/c1-4-21(30)28-13-7-12-23(16-28,22-25-26-27-29(22)18-8-5-6-9-18)24-15-17-10-11-19(31-2)14-20(17)32-3/h10-11,14,18,24H,4-9,12-13,15-16H2,1-3H3. The fourth-order valence-electron chi connectivity index (χ4n) is 5.06. The van der Waals surface area contributed by atoms with Crippen molar-refractivity contribution >= 4 is 5.91 Å². The zero-order valence-corrected chi connectivity index (χ0v) is 19.3. The molecule has 1 aliphatic heterocycles. The van der Waals surface area contributed by atoms with Crippen molar-refractivity contribution in [2.24, 2.45) is 0 Å². The zero-order chi connectivity index (χ0) is 22.6. The molecule has 1 unspecified atom stereocenters. The first kappa shape index (κ1) is 22.5. The summed E-state index contributed by atoms with van der Waals surface area (Å²) in [4.78, 5) is 14.6. The number of benzene rings is 1. The number of carbonyl (C=O) groups is 1. The van der Waals surface area contributed by atoms with E-state index < -0.39 is 5.54 Å². The van der Waals surface area contributed by atoms with Gasteiger partial charge in [0.2, 0.25) is 5.91 Å². The molecule has 1 aromatic heterocycles. The molecule has 1 aromatic carbocycles. The Bertz CT molecular complexity index is 926. The maximum atomic E-state index is 12.6. The zero-order valence-electron chi connectivity index (χ0n) is 19.3. The third-order valence-corrected chi connectivity index (χ3v) is 6.85. The van der Waals surface area contributed by atoms with Crippen LogP contribution in [0.3, 0.4) is 0 Å². The van der Waals surface area contributed by atoms with Gasteiger partial charge in [-0.1, -0.05) is 25.8 Å². The molecule has 1 N–H and O–H groups in total. The maximum Gasteiger partial charge on any atom is 0.222 e. The lowest BCUT2D eigenvalue weighted by molar-refractivity contribution is -0.133. The van der Waals surface area contributed by atoms with Gasteiger partial charge >= 0.3 is 0 Å². The number of methoxy groups -OCH3 is 2. The van der Waals surface area contributed by atoms with Crippen LogP contribution in [0, 0.1) is 0 Å². The van der Waals surface area contributed by atoms with Crippen molar-refractivity contribution in [3.8, 4) is 11.5 Å². The van der Waals surface area contributed by atoms with E-state index in [1.165, 1.54) is 12.8 Å². The number of hydrogen-bond donors (Lipinski definition) is 1. The minimum Gasteiger partial charge on any atom is -0.497 e. The largest absolute Gasteiger partial charge is 0.497 e. The Kier molecular flexibility index (Phi) is 6.93. The smallest absolute Gasteiger partial charge is 0.222 e. The Hall–Kier alpha value is -2.68. The van der Waals surface area contributed by atoms with Crippen molar-refractivity contribution in [1.82, 2.24) is 30.4 Å². The molecular formula is C23H34N6O3. The van der Waals surface area contributed by atoms with Crippen LogP contribution in [0.4, 0.5) is 0 Å². The molecule has 2 fully saturated rings. The molecule has 4 rings (SSSR count). The maximum absolute atomic E-state index is 12.6. The van der Waals surface area contributed by atoms with E-state index in [4.69, 9.17) is 9.47 Å². The van der Waals surface area contributed by atoms with Crippen LogP contribution in [0.1, 0.15) is 69.3 Å². The van der Waals surface area contributed by atoms with Crippen LogP contribution in [0.15, 0.2) is 18.2 Å². The summed E-state index contributed by atoms with van der Waals surface area (Å²) in [6, 6.07) is 6.16. The SMILES string of the molecule is CCC(=O)N1CCCC(NCc2ccc(OC)cc2OC)(c2nnnn2C2CCCC2)C1. The second kappa shape index (κ2) is 9.85. The third-order valence-electron chi connectivity index (χ3n) is 6.85. The summed E-state index contributed by atoms with van der Waals surface area (Å²) in [5.74, 6) is 2.52. The molecule has 2 aromatic rings. The Morgan fingerprint density at radius 1 is 1.22 bits per heavy atom. The Morgan fingerprint density at radius 2 is 2.03 bits per heavy atom. The van der Waals surface area contributed by atoms with Gasteiger partial charge in [-0.25, -0.2) is 4.68 Å². The number of nitrogens with one attached hydrogen (secondary N) is 1. The quantitative estimate of drug-likeness (QED) is 0.672. The summed E-state index contributed by atoms with van der Waals surface area (Å²) in [7, 11) is 3.31. The van der Waals surface area contributed by atoms with Crippen molar-refractivity contribution in [2.75, 3.05) is 27.3 Å². The summed E-state index contributed by atoms with van der Waals surface area (Å²) in [6.45, 7) is 3.81. The predicted octanol–water partition coefficient (Wildman–Crippen LogP) is 2.82. The number of piperidine rings is 1. The summed E-state index contributed by atoms with van der Waals surface area (Å²) < 4.78 is 13.0. The van der Waals surface area contributed by atoms with Gasteiger partial charge in [0.05, 0.1) is 25.8 Å². The lowest BCUT2D eigenvalue weighted by Crippen LogP contribution is -2.57. The van der Waals surface area contributed by atoms with Crippen molar-refractivity contribution in [1.29, 1.82) is 0 Å². The van der Waals surface area contributed by atoms with Gasteiger partial charge in [-0.05, 0) is 42.2 Å². The normalized spacial score (nSPS) is 21.7. The van der Waals surface area contributed by atoms with Gasteiger partial charge in [-0.15, -0.1) is 5.10 Å². The molecule has 1 atom stereocenters. The highest BCUT2D eigenvalue weighted by atomic mass is 16.5. The number of nitrogens with zero attached hydrogens (tertiary/aromatic N) is 5. The molecule has 0 spiro atoms. The number of likely N-dealkylation sites (tertiary alicyclic amines) is 1. The number of aromatic nitrogens is 4. The Balaban J connectivity index is 1.66. The first-order chi connectivity index (χ1) is 15.6. The molecule has 0 bridgehead atoms. The fraction of sp³-hybridized carbons (Fsp3) is 0.652. The Morgan fingerprint density at radius 3 is 2.75 bits per heavy atom. The van der Waals surface area contributed by atoms with E-state index in [1.807, 2.05) is 34.7 Å². The van der Waals surface area contributed by atoms with Gasteiger partial charge in [0.15, 0.2) is 5.82 Å². The van der Waals surface area contributed by atoms with E-state index in [1.54, 1.807) is 14.2 Å². The van der Waals surface area contributed by atoms with Gasteiger partial charge in [-0.3, -0.25) is 10.1 Å². The molecule has 9 nitrogen and oxygen atoms in total. The van der Waals surface area contributed by atoms with E-state index in [0.717, 1.165) is 55.1 Å². The van der Waals surface area contributed by atoms with E-state index >= 15 is 0 Å². The highest BCUT2D eigenvalue weighted by Gasteiger charge is 2.43. The molecule has 1 saturated carbocycles. The molecule has 2 heterocycles. The second-order valence-electron chi connectivity index (χ2n) is 8.77. The predicted molar refractivity (Wildman–Crippen MR) is 119 cm³/mol. The molecule has 1 saturated heterocycles. The summed E-state index contributed by atoms with van der Waals surface area (Å²) in [5.41, 5.74) is 0.506. The van der Waals surface area contributed by atoms with Gasteiger partial charge in [0.1, 0.15) is 11.5 Å². The lowest BCUT2D eigenvalue weighted by atomic mass is 9.87. The molecule has 0 radical (unpaired) electrons. The average molecular weight is 443 g/mol. The number of ether oxygens (including phenoxy) is 2. The van der Waals surface area contributed by atoms with Gasteiger partial charge in [0, 0.05) is 37.7 Å². The van der Waals surface area contributed by atoms with E-state index in [-0.39, 0.29) is 5.91 Å². The summed E-state index contributed by atoms with van der Waals surface area (Å²) in [6.07, 6.45) is 6.86. The number of carbonyl (C=O) groups excluding carboxylic acids is 1. The van der Waals surface area contributed by atoms with Gasteiger partial charge in [-0.2, -0.15) is 0 Å². The van der Waals surface area contributed by atoms with E-state index in [0.29, 0.717) is 25.6 Å². The lowest BCUT2D eigenvalue weighted by Gasteiger charge is -2.43. The first-order valence-corrected chi connectivity index (χ1v) is 11.6. The molecule has 1 aliphatic carbocycles.